The van der Waals surface area contributed by atoms with E-state index in [9.17, 15) is 13.2 Å². The minimum atomic E-state index is -4.10. The Balaban J connectivity index is 2.60. The Labute approximate surface area is 144 Å². The van der Waals surface area contributed by atoms with Crippen molar-refractivity contribution in [3.63, 3.8) is 0 Å². The van der Waals surface area contributed by atoms with Gasteiger partial charge in [0.1, 0.15) is 6.54 Å². The molecule has 0 fully saturated rings. The molecule has 0 bridgehead atoms. The van der Waals surface area contributed by atoms with Gasteiger partial charge in [0.25, 0.3) is 10.0 Å². The molecule has 23 heavy (non-hydrogen) atoms. The van der Waals surface area contributed by atoms with Crippen LogP contribution < -0.4 is 4.31 Å². The lowest BCUT2D eigenvalue weighted by molar-refractivity contribution is -0.135. The van der Waals surface area contributed by atoms with E-state index in [0.717, 1.165) is 9.87 Å². The van der Waals surface area contributed by atoms with E-state index in [0.29, 0.717) is 0 Å². The largest absolute Gasteiger partial charge is 0.480 e. The third-order valence-electron chi connectivity index (χ3n) is 3.06. The van der Waals surface area contributed by atoms with E-state index >= 15 is 0 Å². The zero-order valence-corrected chi connectivity index (χ0v) is 14.4. The highest BCUT2D eigenvalue weighted by molar-refractivity contribution is 7.92. The first-order valence-electron chi connectivity index (χ1n) is 6.48. The fourth-order valence-corrected chi connectivity index (χ4v) is 3.80. The van der Waals surface area contributed by atoms with Crippen molar-refractivity contribution in [1.82, 2.24) is 0 Å². The summed E-state index contributed by atoms with van der Waals surface area (Å²) in [5.41, 5.74) is 0.900. The van der Waals surface area contributed by atoms with Crippen LogP contribution in [0.1, 0.15) is 5.56 Å². The van der Waals surface area contributed by atoms with Gasteiger partial charge in [-0.15, -0.1) is 0 Å². The Hall–Kier alpha value is -1.76. The topological polar surface area (TPSA) is 74.7 Å². The molecule has 0 unspecified atom stereocenters. The van der Waals surface area contributed by atoms with Crippen LogP contribution in [0.2, 0.25) is 10.0 Å². The average Bonchev–Trinajstić information content (AvgIpc) is 2.47. The van der Waals surface area contributed by atoms with Gasteiger partial charge in [-0.2, -0.15) is 0 Å². The van der Waals surface area contributed by atoms with E-state index in [2.05, 4.69) is 0 Å². The van der Waals surface area contributed by atoms with Crippen LogP contribution in [0.25, 0.3) is 0 Å². The summed E-state index contributed by atoms with van der Waals surface area (Å²) in [6, 6.07) is 10.3. The molecule has 2 aromatic rings. The Kier molecular flexibility index (Phi) is 5.19. The van der Waals surface area contributed by atoms with E-state index in [4.69, 9.17) is 28.3 Å². The quantitative estimate of drug-likeness (QED) is 0.868. The molecule has 0 heterocycles. The van der Waals surface area contributed by atoms with Gasteiger partial charge in [-0.3, -0.25) is 9.10 Å². The summed E-state index contributed by atoms with van der Waals surface area (Å²) in [5.74, 6) is -1.31. The Morgan fingerprint density at radius 2 is 1.74 bits per heavy atom. The molecule has 0 amide bonds. The van der Waals surface area contributed by atoms with Crippen molar-refractivity contribution in [1.29, 1.82) is 0 Å². The first-order valence-corrected chi connectivity index (χ1v) is 8.67. The summed E-state index contributed by atoms with van der Waals surface area (Å²) in [4.78, 5) is 11.1. The maximum atomic E-state index is 12.8. The van der Waals surface area contributed by atoms with Crippen molar-refractivity contribution < 1.29 is 18.3 Å². The lowest BCUT2D eigenvalue weighted by Gasteiger charge is -2.24. The van der Waals surface area contributed by atoms with Gasteiger partial charge < -0.3 is 5.11 Å². The van der Waals surface area contributed by atoms with Crippen LogP contribution in [-0.2, 0) is 14.8 Å². The smallest absolute Gasteiger partial charge is 0.324 e. The number of rotatable bonds is 5. The van der Waals surface area contributed by atoms with E-state index in [-0.39, 0.29) is 20.6 Å². The highest BCUT2D eigenvalue weighted by Gasteiger charge is 2.28. The third-order valence-corrected chi connectivity index (χ3v) is 5.39. The Bertz CT molecular complexity index is 835. The standard InChI is InChI=1S/C15H13Cl2NO4S/c1-10-2-5-12(6-3-10)23(21,22)18(9-15(19)20)14-8-11(16)4-7-13(14)17/h2-8H,9H2,1H3,(H,19,20). The summed E-state index contributed by atoms with van der Waals surface area (Å²) in [5, 5.41) is 9.42. The second-order valence-electron chi connectivity index (χ2n) is 4.81. The number of aryl methyl sites for hydroxylation is 1. The number of nitrogens with zero attached hydrogens (tertiary/aromatic N) is 1. The maximum Gasteiger partial charge on any atom is 0.324 e. The van der Waals surface area contributed by atoms with Crippen LogP contribution in [0.3, 0.4) is 0 Å². The van der Waals surface area contributed by atoms with E-state index in [1.807, 2.05) is 6.92 Å². The van der Waals surface area contributed by atoms with Crippen molar-refractivity contribution in [3.8, 4) is 0 Å². The van der Waals surface area contributed by atoms with Crippen LogP contribution in [-0.4, -0.2) is 26.0 Å². The van der Waals surface area contributed by atoms with E-state index in [1.54, 1.807) is 12.1 Å². The molecule has 5 nitrogen and oxygen atoms in total. The van der Waals surface area contributed by atoms with Gasteiger partial charge in [0, 0.05) is 5.02 Å². The van der Waals surface area contributed by atoms with Gasteiger partial charge in [-0.25, -0.2) is 8.42 Å². The van der Waals surface area contributed by atoms with Crippen molar-refractivity contribution in [2.24, 2.45) is 0 Å². The number of anilines is 1. The van der Waals surface area contributed by atoms with Gasteiger partial charge in [0.15, 0.2) is 0 Å². The van der Waals surface area contributed by atoms with Gasteiger partial charge in [-0.1, -0.05) is 40.9 Å². The molecule has 0 aliphatic carbocycles. The summed E-state index contributed by atoms with van der Waals surface area (Å²) >= 11 is 11.9. The average molecular weight is 374 g/mol. The summed E-state index contributed by atoms with van der Waals surface area (Å²) in [6.45, 7) is 1.05. The second-order valence-corrected chi connectivity index (χ2v) is 7.52. The van der Waals surface area contributed by atoms with Crippen LogP contribution in [0.5, 0.6) is 0 Å². The normalized spacial score (nSPS) is 11.3. The van der Waals surface area contributed by atoms with Gasteiger partial charge in [-0.05, 0) is 37.3 Å². The minimum absolute atomic E-state index is 0.0159. The number of hydrogen-bond donors (Lipinski definition) is 1. The Morgan fingerprint density at radius 3 is 2.30 bits per heavy atom. The second kappa shape index (κ2) is 6.78. The zero-order valence-electron chi connectivity index (χ0n) is 12.0. The SMILES string of the molecule is Cc1ccc(S(=O)(=O)N(CC(=O)O)c2cc(Cl)ccc2Cl)cc1. The van der Waals surface area contributed by atoms with Crippen LogP contribution in [0.4, 0.5) is 5.69 Å². The predicted molar refractivity (Wildman–Crippen MR) is 89.8 cm³/mol. The van der Waals surface area contributed by atoms with Crippen LogP contribution in [0.15, 0.2) is 47.4 Å². The van der Waals surface area contributed by atoms with E-state index in [1.165, 1.54) is 30.3 Å². The maximum absolute atomic E-state index is 12.8. The van der Waals surface area contributed by atoms with Crippen LogP contribution >= 0.6 is 23.2 Å². The lowest BCUT2D eigenvalue weighted by atomic mass is 10.2. The summed E-state index contributed by atoms with van der Waals surface area (Å²) in [7, 11) is -4.10. The highest BCUT2D eigenvalue weighted by Crippen LogP contribution is 2.32. The molecule has 2 aromatic carbocycles. The Morgan fingerprint density at radius 1 is 1.13 bits per heavy atom. The summed E-state index contributed by atoms with van der Waals surface area (Å²) < 4.78 is 26.3. The van der Waals surface area contributed by atoms with Gasteiger partial charge in [0.2, 0.25) is 0 Å². The number of carboxylic acids is 1. The summed E-state index contributed by atoms with van der Waals surface area (Å²) in [6.07, 6.45) is 0. The monoisotopic (exact) mass is 373 g/mol. The van der Waals surface area contributed by atoms with Crippen molar-refractivity contribution in [2.45, 2.75) is 11.8 Å². The first kappa shape index (κ1) is 17.6. The molecule has 0 saturated heterocycles. The molecule has 0 aliphatic heterocycles. The van der Waals surface area contributed by atoms with Gasteiger partial charge >= 0.3 is 5.97 Å². The highest BCUT2D eigenvalue weighted by atomic mass is 35.5. The number of aliphatic carboxylic acids is 1. The molecule has 8 heteroatoms. The van der Waals surface area contributed by atoms with Crippen molar-refractivity contribution in [2.75, 3.05) is 10.8 Å². The van der Waals surface area contributed by atoms with Gasteiger partial charge in [0.05, 0.1) is 15.6 Å². The number of benzene rings is 2. The molecule has 0 aliphatic rings. The number of carbonyl (C=O) groups is 1. The number of hydrogen-bond acceptors (Lipinski definition) is 3. The third kappa shape index (κ3) is 3.96. The molecule has 1 N–H and O–H groups in total. The van der Waals surface area contributed by atoms with Crippen LogP contribution in [0, 0.1) is 6.92 Å². The molecule has 0 radical (unpaired) electrons. The lowest BCUT2D eigenvalue weighted by Crippen LogP contribution is -2.36. The first-order chi connectivity index (χ1) is 10.7. The fraction of sp³-hybridized carbons (Fsp3) is 0.133. The number of carboxylic acid groups (broad SMARTS) is 1. The molecular formula is C15H13Cl2NO4S. The zero-order chi connectivity index (χ0) is 17.2. The molecular weight excluding hydrogens is 361 g/mol. The number of sulfonamides is 1. The molecule has 0 aromatic heterocycles. The van der Waals surface area contributed by atoms with Crippen molar-refractivity contribution in [3.05, 3.63) is 58.1 Å². The molecule has 0 saturated carbocycles. The molecule has 122 valence electrons. The van der Waals surface area contributed by atoms with Crippen molar-refractivity contribution >= 4 is 44.9 Å². The number of halogens is 2. The molecule has 2 rings (SSSR count). The minimum Gasteiger partial charge on any atom is -0.480 e. The molecule has 0 atom stereocenters. The van der Waals surface area contributed by atoms with E-state index < -0.39 is 22.5 Å². The molecule has 0 spiro atoms. The fourth-order valence-electron chi connectivity index (χ4n) is 1.94. The predicted octanol–water partition coefficient (Wildman–Crippen LogP) is 3.58.